The molecule has 3 aliphatic rings. The Kier molecular flexibility index (Phi) is 4.37. The molecule has 0 radical (unpaired) electrons. The van der Waals surface area contributed by atoms with Gasteiger partial charge in [0.05, 0.1) is 4.90 Å². The average Bonchev–Trinajstić information content (AvgIpc) is 3.17. The Morgan fingerprint density at radius 1 is 1.36 bits per heavy atom. The van der Waals surface area contributed by atoms with Crippen LogP contribution < -0.4 is 4.72 Å². The highest BCUT2D eigenvalue weighted by Gasteiger charge is 2.40. The van der Waals surface area contributed by atoms with Crippen molar-refractivity contribution in [1.29, 1.82) is 0 Å². The van der Waals surface area contributed by atoms with E-state index in [4.69, 9.17) is 4.74 Å². The summed E-state index contributed by atoms with van der Waals surface area (Å²) >= 11 is 0. The molecular weight excluding hydrogens is 378 g/mol. The highest BCUT2D eigenvalue weighted by molar-refractivity contribution is 7.89. The van der Waals surface area contributed by atoms with Crippen LogP contribution >= 0.6 is 0 Å². The molecule has 0 saturated heterocycles. The topological polar surface area (TPSA) is 92.7 Å². The van der Waals surface area contributed by atoms with E-state index in [1.54, 1.807) is 20.1 Å². The molecule has 1 unspecified atom stereocenters. The van der Waals surface area contributed by atoms with Gasteiger partial charge in [-0.25, -0.2) is 17.9 Å². The molecule has 7 heteroatoms. The molecule has 0 aliphatic heterocycles. The van der Waals surface area contributed by atoms with Crippen LogP contribution in [0, 0.1) is 13.8 Å². The standard InChI is InChI=1S/C21H23NO5S/c1-10-7-13(21(23)24)9-15-14(10)5-6-17(15)22-28(25,26)20-11(2)8-16-18(12(20)3)19(16)27-4/h8-9,17,19,22H,1,5-7H2,2-4H3,(H,23,24)/t17?,19-/m1/s1. The number of ether oxygens (including phenoxy) is 1. The van der Waals surface area contributed by atoms with E-state index in [-0.39, 0.29) is 16.6 Å². The Bertz CT molecular complexity index is 1090. The Labute approximate surface area is 164 Å². The van der Waals surface area contributed by atoms with Crippen molar-refractivity contribution < 1.29 is 23.1 Å². The number of carboxylic acid groups (broad SMARTS) is 1. The minimum absolute atomic E-state index is 0.119. The summed E-state index contributed by atoms with van der Waals surface area (Å²) in [5.41, 5.74) is 6.10. The number of carbonyl (C=O) groups is 1. The van der Waals surface area contributed by atoms with Crippen molar-refractivity contribution in [3.05, 3.63) is 63.3 Å². The van der Waals surface area contributed by atoms with Gasteiger partial charge in [-0.1, -0.05) is 12.6 Å². The second-order valence-electron chi connectivity index (χ2n) is 7.67. The molecule has 4 rings (SSSR count). The summed E-state index contributed by atoms with van der Waals surface area (Å²) in [6.45, 7) is 7.59. The van der Waals surface area contributed by atoms with Gasteiger partial charge in [0, 0.05) is 25.1 Å². The average molecular weight is 401 g/mol. The van der Waals surface area contributed by atoms with Crippen molar-refractivity contribution in [1.82, 2.24) is 4.72 Å². The number of aryl methyl sites for hydroxylation is 1. The van der Waals surface area contributed by atoms with Crippen LogP contribution in [0.25, 0.3) is 0 Å². The van der Waals surface area contributed by atoms with Gasteiger partial charge in [-0.15, -0.1) is 0 Å². The van der Waals surface area contributed by atoms with Gasteiger partial charge in [-0.05, 0) is 71.7 Å². The third-order valence-electron chi connectivity index (χ3n) is 5.89. The Hall–Kier alpha value is -2.22. The summed E-state index contributed by atoms with van der Waals surface area (Å²) in [5.74, 6) is -0.996. The first kappa shape index (κ1) is 19.1. The number of rotatable bonds is 5. The van der Waals surface area contributed by atoms with E-state index in [1.807, 2.05) is 13.0 Å². The minimum atomic E-state index is -3.78. The zero-order valence-electron chi connectivity index (χ0n) is 16.1. The summed E-state index contributed by atoms with van der Waals surface area (Å²) in [5, 5.41) is 9.35. The highest BCUT2D eigenvalue weighted by atomic mass is 32.2. The predicted octanol–water partition coefficient (Wildman–Crippen LogP) is 3.06. The number of aliphatic carboxylic acids is 1. The van der Waals surface area contributed by atoms with E-state index < -0.39 is 22.0 Å². The number of hydrogen-bond donors (Lipinski definition) is 2. The van der Waals surface area contributed by atoms with Gasteiger partial charge in [0.25, 0.3) is 0 Å². The molecule has 0 spiro atoms. The van der Waals surface area contributed by atoms with E-state index in [0.29, 0.717) is 24.8 Å². The molecule has 148 valence electrons. The molecule has 2 atom stereocenters. The summed E-state index contributed by atoms with van der Waals surface area (Å²) in [6.07, 6.45) is 3.08. The first-order chi connectivity index (χ1) is 13.2. The minimum Gasteiger partial charge on any atom is -0.478 e. The van der Waals surface area contributed by atoms with Crippen LogP contribution in [-0.2, 0) is 19.6 Å². The fraction of sp³-hybridized carbons (Fsp3) is 0.381. The summed E-state index contributed by atoms with van der Waals surface area (Å²) in [6, 6.07) is 1.42. The van der Waals surface area contributed by atoms with Crippen molar-refractivity contribution in [3.8, 4) is 0 Å². The van der Waals surface area contributed by atoms with E-state index in [0.717, 1.165) is 33.4 Å². The van der Waals surface area contributed by atoms with Gasteiger partial charge < -0.3 is 9.84 Å². The number of sulfonamides is 1. The van der Waals surface area contributed by atoms with Crippen LogP contribution in [0.1, 0.15) is 47.6 Å². The van der Waals surface area contributed by atoms with Crippen molar-refractivity contribution in [2.24, 2.45) is 0 Å². The lowest BCUT2D eigenvalue weighted by Gasteiger charge is -2.21. The van der Waals surface area contributed by atoms with Crippen LogP contribution in [0.4, 0.5) is 0 Å². The maximum absolute atomic E-state index is 13.2. The second-order valence-corrected chi connectivity index (χ2v) is 9.32. The Balaban J connectivity index is 1.68. The molecule has 0 bridgehead atoms. The molecule has 28 heavy (non-hydrogen) atoms. The van der Waals surface area contributed by atoms with E-state index >= 15 is 0 Å². The van der Waals surface area contributed by atoms with Crippen molar-refractivity contribution in [3.63, 3.8) is 0 Å². The van der Waals surface area contributed by atoms with Gasteiger partial charge in [-0.3, -0.25) is 0 Å². The number of fused-ring (bicyclic) bond motifs is 1. The van der Waals surface area contributed by atoms with Gasteiger partial charge in [0.1, 0.15) is 6.10 Å². The number of nitrogens with one attached hydrogen (secondary N) is 1. The first-order valence-electron chi connectivity index (χ1n) is 9.20. The number of benzene rings is 1. The smallest absolute Gasteiger partial charge is 0.331 e. The maximum Gasteiger partial charge on any atom is 0.331 e. The molecule has 2 N–H and O–H groups in total. The van der Waals surface area contributed by atoms with Crippen LogP contribution in [0.2, 0.25) is 0 Å². The fourth-order valence-electron chi connectivity index (χ4n) is 4.61. The lowest BCUT2D eigenvalue weighted by molar-refractivity contribution is -0.132. The number of methoxy groups -OCH3 is 1. The molecule has 0 fully saturated rings. The van der Waals surface area contributed by atoms with Gasteiger partial charge in [0.15, 0.2) is 0 Å². The molecule has 0 aromatic heterocycles. The third-order valence-corrected chi connectivity index (χ3v) is 7.65. The summed E-state index contributed by atoms with van der Waals surface area (Å²) < 4.78 is 34.7. The van der Waals surface area contributed by atoms with Crippen molar-refractivity contribution in [2.75, 3.05) is 7.11 Å². The monoisotopic (exact) mass is 401 g/mol. The molecule has 0 heterocycles. The van der Waals surface area contributed by atoms with Crippen molar-refractivity contribution >= 4 is 16.0 Å². The maximum atomic E-state index is 13.2. The first-order valence-corrected chi connectivity index (χ1v) is 10.7. The van der Waals surface area contributed by atoms with Crippen LogP contribution in [0.5, 0.6) is 0 Å². The lowest BCUT2D eigenvalue weighted by Crippen LogP contribution is -2.35. The quantitative estimate of drug-likeness (QED) is 0.791. The molecule has 3 aliphatic carbocycles. The molecular formula is C21H23NO5S. The van der Waals surface area contributed by atoms with Gasteiger partial charge in [0.2, 0.25) is 10.0 Å². The highest BCUT2D eigenvalue weighted by Crippen LogP contribution is 2.49. The second kappa shape index (κ2) is 6.40. The predicted molar refractivity (Wildman–Crippen MR) is 105 cm³/mol. The SMILES string of the molecule is C=C1CC(C(=O)O)=CC2=C1CCC2NS(=O)(=O)c1c(C)cc2c(c1C)[C@@H]2OC. The lowest BCUT2D eigenvalue weighted by atomic mass is 9.89. The normalized spacial score (nSPS) is 23.4. The molecule has 6 nitrogen and oxygen atoms in total. The number of allylic oxidation sites excluding steroid dienone is 2. The van der Waals surface area contributed by atoms with Gasteiger partial charge >= 0.3 is 5.97 Å². The van der Waals surface area contributed by atoms with E-state index in [1.165, 1.54) is 0 Å². The fourth-order valence-corrected chi connectivity index (χ4v) is 6.34. The molecule has 0 saturated carbocycles. The Morgan fingerprint density at radius 3 is 2.71 bits per heavy atom. The summed E-state index contributed by atoms with van der Waals surface area (Å²) in [7, 11) is -2.17. The van der Waals surface area contributed by atoms with Crippen LogP contribution in [-0.4, -0.2) is 32.6 Å². The Morgan fingerprint density at radius 2 is 2.07 bits per heavy atom. The molecule has 0 amide bonds. The third kappa shape index (κ3) is 2.85. The number of carboxylic acids is 1. The number of hydrogen-bond acceptors (Lipinski definition) is 4. The molecule has 1 aromatic rings. The van der Waals surface area contributed by atoms with Gasteiger partial charge in [-0.2, -0.15) is 0 Å². The zero-order valence-corrected chi connectivity index (χ0v) is 16.9. The summed E-state index contributed by atoms with van der Waals surface area (Å²) in [4.78, 5) is 11.7. The van der Waals surface area contributed by atoms with Crippen LogP contribution in [0.15, 0.2) is 45.9 Å². The van der Waals surface area contributed by atoms with E-state index in [9.17, 15) is 18.3 Å². The largest absolute Gasteiger partial charge is 0.478 e. The van der Waals surface area contributed by atoms with Crippen LogP contribution in [0.3, 0.4) is 0 Å². The molecule has 1 aromatic carbocycles. The zero-order chi connectivity index (χ0) is 20.4. The van der Waals surface area contributed by atoms with E-state index in [2.05, 4.69) is 11.3 Å². The van der Waals surface area contributed by atoms with Crippen molar-refractivity contribution in [2.45, 2.75) is 50.2 Å².